The van der Waals surface area contributed by atoms with E-state index in [0.29, 0.717) is 3.94 Å². The summed E-state index contributed by atoms with van der Waals surface area (Å²) in [6.07, 6.45) is 4.72. The van der Waals surface area contributed by atoms with E-state index in [0.717, 1.165) is 24.8 Å². The van der Waals surface area contributed by atoms with E-state index in [-0.39, 0.29) is 11.7 Å². The topological polar surface area (TPSA) is 9.23 Å². The standard InChI is InChI=1S/C13H22BrClO/c1-6-8-10(12(14)15)11(9-7-2)16-13(3,4)5/h6,11H,1,7-9H2,2-5H3/b12-10-. The molecule has 0 fully saturated rings. The van der Waals surface area contributed by atoms with Gasteiger partial charge in [-0.3, -0.25) is 0 Å². The van der Waals surface area contributed by atoms with Gasteiger partial charge in [-0.2, -0.15) is 0 Å². The maximum absolute atomic E-state index is 6.05. The molecule has 0 aromatic heterocycles. The van der Waals surface area contributed by atoms with Crippen molar-refractivity contribution in [2.45, 2.75) is 58.7 Å². The van der Waals surface area contributed by atoms with Gasteiger partial charge in [0.05, 0.1) is 15.6 Å². The van der Waals surface area contributed by atoms with Gasteiger partial charge in [0.15, 0.2) is 0 Å². The summed E-state index contributed by atoms with van der Waals surface area (Å²) in [4.78, 5) is 0. The molecule has 0 spiro atoms. The van der Waals surface area contributed by atoms with Crippen LogP contribution in [0.15, 0.2) is 22.2 Å². The zero-order chi connectivity index (χ0) is 12.8. The van der Waals surface area contributed by atoms with Crippen LogP contribution in [0.2, 0.25) is 0 Å². The van der Waals surface area contributed by atoms with Gasteiger partial charge in [0.25, 0.3) is 0 Å². The molecule has 0 saturated carbocycles. The van der Waals surface area contributed by atoms with Crippen LogP contribution in [0.4, 0.5) is 0 Å². The minimum absolute atomic E-state index is 0.0647. The van der Waals surface area contributed by atoms with Crippen LogP contribution in [0.5, 0.6) is 0 Å². The van der Waals surface area contributed by atoms with Crippen molar-refractivity contribution in [1.82, 2.24) is 0 Å². The highest BCUT2D eigenvalue weighted by molar-refractivity contribution is 9.12. The third-order valence-corrected chi connectivity index (χ3v) is 2.79. The fourth-order valence-electron chi connectivity index (χ4n) is 1.48. The summed E-state index contributed by atoms with van der Waals surface area (Å²) in [5.74, 6) is 0. The maximum Gasteiger partial charge on any atom is 0.0854 e. The number of halogens is 2. The van der Waals surface area contributed by atoms with Crippen LogP contribution in [0.1, 0.15) is 47.0 Å². The van der Waals surface area contributed by atoms with Crippen molar-refractivity contribution in [3.63, 3.8) is 0 Å². The lowest BCUT2D eigenvalue weighted by Crippen LogP contribution is -2.29. The average Bonchev–Trinajstić information content (AvgIpc) is 2.10. The molecule has 0 N–H and O–H groups in total. The van der Waals surface area contributed by atoms with Crippen LogP contribution in [0, 0.1) is 0 Å². The maximum atomic E-state index is 6.05. The molecular formula is C13H22BrClO. The summed E-state index contributed by atoms with van der Waals surface area (Å²) >= 11 is 9.39. The molecule has 1 atom stereocenters. The van der Waals surface area contributed by atoms with E-state index < -0.39 is 0 Å². The van der Waals surface area contributed by atoms with Crippen molar-refractivity contribution >= 4 is 27.5 Å². The van der Waals surface area contributed by atoms with Crippen molar-refractivity contribution < 1.29 is 4.74 Å². The Morgan fingerprint density at radius 1 is 1.50 bits per heavy atom. The third-order valence-electron chi connectivity index (χ3n) is 2.04. The van der Waals surface area contributed by atoms with E-state index in [1.54, 1.807) is 0 Å². The van der Waals surface area contributed by atoms with Gasteiger partial charge in [-0.15, -0.1) is 6.58 Å². The van der Waals surface area contributed by atoms with Crippen molar-refractivity contribution in [2.75, 3.05) is 0 Å². The summed E-state index contributed by atoms with van der Waals surface area (Å²) in [5.41, 5.74) is 0.916. The van der Waals surface area contributed by atoms with Crippen molar-refractivity contribution in [2.24, 2.45) is 0 Å². The zero-order valence-corrected chi connectivity index (χ0v) is 13.0. The zero-order valence-electron chi connectivity index (χ0n) is 10.6. The summed E-state index contributed by atoms with van der Waals surface area (Å²) in [6, 6.07) is 0. The Morgan fingerprint density at radius 3 is 2.38 bits per heavy atom. The Labute approximate surface area is 113 Å². The number of hydrogen-bond donors (Lipinski definition) is 0. The van der Waals surface area contributed by atoms with Crippen molar-refractivity contribution in [1.29, 1.82) is 0 Å². The second-order valence-electron chi connectivity index (χ2n) is 4.79. The second-order valence-corrected chi connectivity index (χ2v) is 6.41. The normalized spacial score (nSPS) is 15.6. The Kier molecular flexibility index (Phi) is 7.62. The average molecular weight is 310 g/mol. The van der Waals surface area contributed by atoms with Crippen molar-refractivity contribution in [3.8, 4) is 0 Å². The third kappa shape index (κ3) is 6.72. The number of rotatable bonds is 6. The molecule has 0 amide bonds. The van der Waals surface area contributed by atoms with Crippen LogP contribution in [0.3, 0.4) is 0 Å². The van der Waals surface area contributed by atoms with Crippen LogP contribution in [-0.2, 0) is 4.74 Å². The quantitative estimate of drug-likeness (QED) is 0.598. The lowest BCUT2D eigenvalue weighted by molar-refractivity contribution is -0.0469. The van der Waals surface area contributed by atoms with E-state index in [2.05, 4.69) is 50.2 Å². The molecule has 0 rings (SSSR count). The molecule has 3 heteroatoms. The largest absolute Gasteiger partial charge is 0.368 e. The van der Waals surface area contributed by atoms with Gasteiger partial charge in [0, 0.05) is 0 Å². The van der Waals surface area contributed by atoms with Crippen LogP contribution in [-0.4, -0.2) is 11.7 Å². The first kappa shape index (κ1) is 16.2. The van der Waals surface area contributed by atoms with Gasteiger partial charge in [-0.05, 0) is 55.1 Å². The molecule has 0 radical (unpaired) electrons. The Balaban J connectivity index is 4.86. The monoisotopic (exact) mass is 308 g/mol. The fraction of sp³-hybridized carbons (Fsp3) is 0.692. The predicted molar refractivity (Wildman–Crippen MR) is 76.2 cm³/mol. The molecule has 0 aliphatic heterocycles. The minimum atomic E-state index is -0.161. The lowest BCUT2D eigenvalue weighted by Gasteiger charge is -2.29. The Morgan fingerprint density at radius 2 is 2.06 bits per heavy atom. The molecule has 0 aromatic rings. The van der Waals surface area contributed by atoms with Gasteiger partial charge in [0.1, 0.15) is 0 Å². The van der Waals surface area contributed by atoms with E-state index in [9.17, 15) is 0 Å². The number of allylic oxidation sites excluding steroid dienone is 1. The SMILES string of the molecule is C=CC/C(=C(/Cl)Br)C(CCC)OC(C)(C)C. The molecule has 0 bridgehead atoms. The molecule has 0 aromatic carbocycles. The smallest absolute Gasteiger partial charge is 0.0854 e. The first-order chi connectivity index (χ1) is 7.31. The molecule has 0 aliphatic rings. The highest BCUT2D eigenvalue weighted by atomic mass is 79.9. The first-order valence-corrected chi connectivity index (χ1v) is 6.81. The van der Waals surface area contributed by atoms with E-state index in [1.165, 1.54) is 0 Å². The summed E-state index contributed by atoms with van der Waals surface area (Å²) < 4.78 is 6.68. The van der Waals surface area contributed by atoms with E-state index >= 15 is 0 Å². The van der Waals surface area contributed by atoms with Crippen LogP contribution in [0.25, 0.3) is 0 Å². The van der Waals surface area contributed by atoms with Crippen LogP contribution < -0.4 is 0 Å². The highest BCUT2D eigenvalue weighted by Gasteiger charge is 2.22. The minimum Gasteiger partial charge on any atom is -0.368 e. The fourth-order valence-corrected chi connectivity index (χ4v) is 2.10. The van der Waals surface area contributed by atoms with Gasteiger partial charge in [-0.25, -0.2) is 0 Å². The molecule has 1 nitrogen and oxygen atoms in total. The molecular weight excluding hydrogens is 287 g/mol. The summed E-state index contributed by atoms with van der Waals surface area (Å²) in [5, 5.41) is 0. The Hall–Kier alpha value is 0.210. The molecule has 1 unspecified atom stereocenters. The first-order valence-electron chi connectivity index (χ1n) is 5.64. The number of hydrogen-bond acceptors (Lipinski definition) is 1. The van der Waals surface area contributed by atoms with Crippen molar-refractivity contribution in [3.05, 3.63) is 22.2 Å². The summed E-state index contributed by atoms with van der Waals surface area (Å²) in [6.45, 7) is 12.1. The summed E-state index contributed by atoms with van der Waals surface area (Å²) in [7, 11) is 0. The Bertz CT molecular complexity index is 249. The molecule has 0 aliphatic carbocycles. The van der Waals surface area contributed by atoms with Gasteiger partial charge in [0.2, 0.25) is 0 Å². The van der Waals surface area contributed by atoms with E-state index in [1.807, 2.05) is 6.08 Å². The predicted octanol–water partition coefficient (Wildman–Crippen LogP) is 5.39. The molecule has 16 heavy (non-hydrogen) atoms. The van der Waals surface area contributed by atoms with E-state index in [4.69, 9.17) is 16.3 Å². The number of ether oxygens (including phenoxy) is 1. The molecule has 94 valence electrons. The molecule has 0 heterocycles. The van der Waals surface area contributed by atoms with Gasteiger partial charge >= 0.3 is 0 Å². The highest BCUT2D eigenvalue weighted by Crippen LogP contribution is 2.29. The molecule has 0 saturated heterocycles. The second kappa shape index (κ2) is 7.52. The lowest BCUT2D eigenvalue weighted by atomic mass is 10.0. The van der Waals surface area contributed by atoms with Gasteiger partial charge < -0.3 is 4.74 Å². The van der Waals surface area contributed by atoms with Gasteiger partial charge in [-0.1, -0.05) is 31.0 Å². The van der Waals surface area contributed by atoms with Crippen LogP contribution >= 0.6 is 27.5 Å².